The first-order valence-electron chi connectivity index (χ1n) is 19.9. The fraction of sp³-hybridized carbons (Fsp3) is 0.659. The van der Waals surface area contributed by atoms with Crippen LogP contribution in [0.2, 0.25) is 0 Å². The SMILES string of the molecule is CC(=O)O[C@@]12CO[C@@H]1C[C@H](O)[C@@]1(C)C(=O)[C@H](OC(=O)N(C)C)C3=C(C)[C@@H](OC(=O)[C@H](O)[C@@H](NC(=O)OC(C)(C)C)C(F)F)C[C@@](O)([C@@H](OC(=O)c4cccc(N=[N+]=[N-])c4)[C@H]21)C3(C)C. The first-order valence-corrected chi connectivity index (χ1v) is 19.9. The first-order chi connectivity index (χ1) is 29.1. The summed E-state index contributed by atoms with van der Waals surface area (Å²) < 4.78 is 63.4. The molecule has 1 aromatic carbocycles. The number of ketones is 1. The molecule has 22 heteroatoms. The lowest BCUT2D eigenvalue weighted by atomic mass is 9.44. The molecule has 0 unspecified atom stereocenters. The van der Waals surface area contributed by atoms with E-state index in [1.807, 2.05) is 0 Å². The van der Waals surface area contributed by atoms with Gasteiger partial charge in [-0.25, -0.2) is 28.0 Å². The van der Waals surface area contributed by atoms with E-state index in [1.54, 1.807) is 5.32 Å². The second-order valence-electron chi connectivity index (χ2n) is 18.2. The predicted molar refractivity (Wildman–Crippen MR) is 211 cm³/mol. The van der Waals surface area contributed by atoms with Gasteiger partial charge in [-0.3, -0.25) is 9.59 Å². The van der Waals surface area contributed by atoms with Crippen molar-refractivity contribution in [3.05, 3.63) is 51.4 Å². The number of nitrogens with one attached hydrogen (secondary N) is 1. The molecule has 3 aliphatic carbocycles. The van der Waals surface area contributed by atoms with Gasteiger partial charge in [-0.2, -0.15) is 0 Å². The standard InChI is InChI=1S/C41H53F2N5O15/c1-18-22(59-34(54)27(51)26(32(42)43)45-35(55)63-37(3,4)5)16-41(57)31(61-33(53)20-12-11-13-21(14-20)46-47-44)29-39(8,23(50)15-24-40(29,17-58-24)62-19(2)49)30(52)28(25(18)38(41,6)7)60-36(56)48(9)10/h11-14,22-24,26-29,31-32,50-51,57H,15-17H2,1-10H3,(H,45,55)/t22-,23-,24+,26+,27+,28+,29-,31-,39+,40-,41+/m0/s1. The van der Waals surface area contributed by atoms with Gasteiger partial charge in [-0.15, -0.1) is 0 Å². The maximum atomic E-state index is 15.6. The molecule has 1 heterocycles. The molecule has 11 atom stereocenters. The molecule has 1 saturated heterocycles. The lowest BCUT2D eigenvalue weighted by Crippen LogP contribution is -2.82. The van der Waals surface area contributed by atoms with Crippen LogP contribution in [-0.2, 0) is 42.8 Å². The summed E-state index contributed by atoms with van der Waals surface area (Å²) in [6.45, 7) is 10.4. The number of hydrogen-bond acceptors (Lipinski definition) is 16. The predicted octanol–water partition coefficient (Wildman–Crippen LogP) is 3.80. The Morgan fingerprint density at radius 1 is 1.10 bits per heavy atom. The fourth-order valence-corrected chi connectivity index (χ4v) is 9.31. The van der Waals surface area contributed by atoms with Crippen LogP contribution in [0.4, 0.5) is 24.1 Å². The summed E-state index contributed by atoms with van der Waals surface area (Å²) in [5.74, 6) is -6.57. The fourth-order valence-electron chi connectivity index (χ4n) is 9.31. The zero-order valence-electron chi connectivity index (χ0n) is 36.4. The van der Waals surface area contributed by atoms with Gasteiger partial charge >= 0.3 is 30.1 Å². The number of alkyl halides is 2. The number of aliphatic hydroxyl groups is 3. The van der Waals surface area contributed by atoms with E-state index in [0.717, 1.165) is 11.8 Å². The molecule has 20 nitrogen and oxygen atoms in total. The van der Waals surface area contributed by atoms with Crippen LogP contribution in [-0.4, -0.2) is 143 Å². The smallest absolute Gasteiger partial charge is 0.410 e. The second kappa shape index (κ2) is 17.3. The van der Waals surface area contributed by atoms with E-state index in [0.29, 0.717) is 0 Å². The van der Waals surface area contributed by atoms with Gasteiger partial charge in [0.1, 0.15) is 35.6 Å². The van der Waals surface area contributed by atoms with Gasteiger partial charge in [0, 0.05) is 49.9 Å². The van der Waals surface area contributed by atoms with Crippen LogP contribution in [0, 0.1) is 16.7 Å². The van der Waals surface area contributed by atoms with Crippen LogP contribution >= 0.6 is 0 Å². The Morgan fingerprint density at radius 3 is 2.29 bits per heavy atom. The molecule has 0 aromatic heterocycles. The molecule has 0 radical (unpaired) electrons. The highest BCUT2D eigenvalue weighted by molar-refractivity contribution is 5.96. The van der Waals surface area contributed by atoms with Crippen molar-refractivity contribution in [3.8, 4) is 0 Å². The van der Waals surface area contributed by atoms with Crippen molar-refractivity contribution >= 4 is 41.6 Å². The Bertz CT molecular complexity index is 2120. The van der Waals surface area contributed by atoms with Gasteiger partial charge < -0.3 is 54.0 Å². The normalized spacial score (nSPS) is 31.8. The molecular formula is C41H53F2N5O15. The number of amides is 2. The highest BCUT2D eigenvalue weighted by atomic mass is 19.3. The summed E-state index contributed by atoms with van der Waals surface area (Å²) in [6.07, 6.45) is -18.7. The molecule has 0 spiro atoms. The number of nitrogens with zero attached hydrogens (tertiary/aromatic N) is 4. The molecule has 4 aliphatic rings. The van der Waals surface area contributed by atoms with E-state index < -0.39 is 132 Å². The number of esters is 3. The number of aliphatic hydroxyl groups excluding tert-OH is 2. The average molecular weight is 894 g/mol. The zero-order valence-corrected chi connectivity index (χ0v) is 36.4. The lowest BCUT2D eigenvalue weighted by molar-refractivity contribution is -0.345. The van der Waals surface area contributed by atoms with E-state index in [1.165, 1.54) is 86.8 Å². The van der Waals surface area contributed by atoms with E-state index in [9.17, 15) is 48.1 Å². The number of benzene rings is 1. The molecule has 63 heavy (non-hydrogen) atoms. The monoisotopic (exact) mass is 893 g/mol. The van der Waals surface area contributed by atoms with Crippen molar-refractivity contribution in [2.75, 3.05) is 20.7 Å². The first kappa shape index (κ1) is 48.6. The summed E-state index contributed by atoms with van der Waals surface area (Å²) >= 11 is 0. The van der Waals surface area contributed by atoms with Gasteiger partial charge in [0.15, 0.2) is 23.6 Å². The molecular weight excluding hydrogens is 840 g/mol. The van der Waals surface area contributed by atoms with Gasteiger partial charge in [0.2, 0.25) is 0 Å². The number of rotatable bonds is 10. The number of azide groups is 1. The highest BCUT2D eigenvalue weighted by Crippen LogP contribution is 2.64. The topological polar surface area (TPSA) is 283 Å². The Kier molecular flexibility index (Phi) is 13.3. The number of carbonyl (C=O) groups excluding carboxylic acids is 6. The van der Waals surface area contributed by atoms with E-state index in [-0.39, 0.29) is 28.8 Å². The third kappa shape index (κ3) is 8.65. The Balaban J connectivity index is 1.77. The number of alkyl carbamates (subject to hydrolysis) is 1. The largest absolute Gasteiger partial charge is 0.456 e. The number of halogens is 2. The zero-order chi connectivity index (χ0) is 47.4. The molecule has 346 valence electrons. The summed E-state index contributed by atoms with van der Waals surface area (Å²) in [7, 11) is 2.63. The maximum absolute atomic E-state index is 15.6. The third-order valence-corrected chi connectivity index (χ3v) is 12.5. The number of hydrogen-bond donors (Lipinski definition) is 4. The Hall–Kier alpha value is -5.41. The summed E-state index contributed by atoms with van der Waals surface area (Å²) in [6, 6.07) is 2.62. The van der Waals surface area contributed by atoms with Crippen molar-refractivity contribution in [1.82, 2.24) is 10.2 Å². The second-order valence-corrected chi connectivity index (χ2v) is 18.2. The maximum Gasteiger partial charge on any atom is 0.410 e. The number of carbonyl (C=O) groups is 6. The quantitative estimate of drug-likeness (QED) is 0.0649. The molecule has 2 bridgehead atoms. The number of ether oxygens (including phenoxy) is 6. The van der Waals surface area contributed by atoms with E-state index in [2.05, 4.69) is 10.0 Å². The van der Waals surface area contributed by atoms with Crippen LogP contribution in [0.15, 0.2) is 40.5 Å². The van der Waals surface area contributed by atoms with Crippen molar-refractivity contribution in [3.63, 3.8) is 0 Å². The van der Waals surface area contributed by atoms with E-state index >= 15 is 4.79 Å². The molecule has 5 rings (SSSR count). The summed E-state index contributed by atoms with van der Waals surface area (Å²) in [5.41, 5.74) is -1.29. The van der Waals surface area contributed by atoms with Crippen LogP contribution in [0.3, 0.4) is 0 Å². The minimum atomic E-state index is -3.56. The summed E-state index contributed by atoms with van der Waals surface area (Å²) in [4.78, 5) is 86.4. The van der Waals surface area contributed by atoms with Crippen LogP contribution in [0.5, 0.6) is 0 Å². The Morgan fingerprint density at radius 2 is 1.75 bits per heavy atom. The molecule has 2 saturated carbocycles. The number of fused-ring (bicyclic) bond motifs is 5. The average Bonchev–Trinajstić information content (AvgIpc) is 3.17. The van der Waals surface area contributed by atoms with Crippen LogP contribution < -0.4 is 5.32 Å². The Labute approximate surface area is 360 Å². The van der Waals surface area contributed by atoms with Gasteiger partial charge in [0.05, 0.1) is 29.6 Å². The van der Waals surface area contributed by atoms with Crippen LogP contribution in [0.25, 0.3) is 10.4 Å². The van der Waals surface area contributed by atoms with Crippen molar-refractivity contribution in [2.45, 2.75) is 134 Å². The van der Waals surface area contributed by atoms with E-state index in [4.69, 9.17) is 34.0 Å². The molecule has 1 aromatic rings. The van der Waals surface area contributed by atoms with Gasteiger partial charge in [-0.1, -0.05) is 31.1 Å². The van der Waals surface area contributed by atoms with Crippen molar-refractivity contribution in [1.29, 1.82) is 0 Å². The highest BCUT2D eigenvalue weighted by Gasteiger charge is 2.78. The molecule has 2 amide bonds. The molecule has 3 fully saturated rings. The molecule has 1 aliphatic heterocycles. The van der Waals surface area contributed by atoms with Gasteiger partial charge in [0.25, 0.3) is 6.43 Å². The van der Waals surface area contributed by atoms with Crippen molar-refractivity contribution < 1.29 is 81.3 Å². The van der Waals surface area contributed by atoms with Crippen LogP contribution in [0.1, 0.15) is 78.6 Å². The minimum absolute atomic E-state index is 0.0153. The third-order valence-electron chi connectivity index (χ3n) is 12.5. The van der Waals surface area contributed by atoms with Crippen molar-refractivity contribution in [2.24, 2.45) is 21.9 Å². The lowest BCUT2D eigenvalue weighted by Gasteiger charge is -2.67. The minimum Gasteiger partial charge on any atom is -0.456 e. The summed E-state index contributed by atoms with van der Waals surface area (Å²) in [5, 5.41) is 42.0. The van der Waals surface area contributed by atoms with Gasteiger partial charge in [-0.05, 0) is 63.4 Å². The number of Topliss-reactive ketones (excluding diaryl/α,β-unsaturated/α-hetero) is 1. The molecule has 4 N–H and O–H groups in total.